The minimum atomic E-state index is 0.357. The number of nitrogens with one attached hydrogen (secondary N) is 1. The van der Waals surface area contributed by atoms with Crippen molar-refractivity contribution in [2.75, 3.05) is 0 Å². The van der Waals surface area contributed by atoms with Gasteiger partial charge in [0.25, 0.3) is 0 Å². The lowest BCUT2D eigenvalue weighted by atomic mass is 10.1. The van der Waals surface area contributed by atoms with Crippen LogP contribution >= 0.6 is 27.3 Å². The topological polar surface area (TPSA) is 12.0 Å². The van der Waals surface area contributed by atoms with Crippen LogP contribution in [0.1, 0.15) is 24.1 Å². The molecule has 0 saturated carbocycles. The normalized spacial score (nSPS) is 12.6. The second-order valence-corrected chi connectivity index (χ2v) is 5.39. The van der Waals surface area contributed by atoms with Crippen LogP contribution in [0.4, 0.5) is 0 Å². The van der Waals surface area contributed by atoms with Gasteiger partial charge in [-0.25, -0.2) is 0 Å². The molecule has 1 aromatic heterocycles. The smallest absolute Gasteiger partial charge is 0.0306 e. The first kappa shape index (κ1) is 11.8. The summed E-state index contributed by atoms with van der Waals surface area (Å²) in [6, 6.07) is 10.9. The van der Waals surface area contributed by atoms with Gasteiger partial charge in [0, 0.05) is 17.1 Å². The fourth-order valence-electron chi connectivity index (χ4n) is 1.60. The van der Waals surface area contributed by atoms with E-state index in [2.05, 4.69) is 63.2 Å². The van der Waals surface area contributed by atoms with Crippen molar-refractivity contribution in [2.24, 2.45) is 0 Å². The Labute approximate surface area is 109 Å². The van der Waals surface area contributed by atoms with E-state index in [1.165, 1.54) is 15.6 Å². The number of thiophene rings is 1. The lowest BCUT2D eigenvalue weighted by Gasteiger charge is -2.15. The third-order valence-corrected chi connectivity index (χ3v) is 4.02. The third-order valence-electron chi connectivity index (χ3n) is 2.56. The average molecular weight is 296 g/mol. The summed E-state index contributed by atoms with van der Waals surface area (Å²) in [6.45, 7) is 3.11. The first-order chi connectivity index (χ1) is 7.77. The first-order valence-corrected chi connectivity index (χ1v) is 7.00. The highest BCUT2D eigenvalue weighted by Gasteiger charge is 2.07. The molecule has 0 amide bonds. The molecule has 0 unspecified atom stereocenters. The van der Waals surface area contributed by atoms with E-state index in [0.717, 1.165) is 6.54 Å². The van der Waals surface area contributed by atoms with Gasteiger partial charge in [0.15, 0.2) is 0 Å². The molecule has 84 valence electrons. The molecule has 0 saturated heterocycles. The van der Waals surface area contributed by atoms with Gasteiger partial charge in [0.05, 0.1) is 0 Å². The van der Waals surface area contributed by atoms with Crippen LogP contribution in [-0.4, -0.2) is 0 Å². The van der Waals surface area contributed by atoms with Crippen LogP contribution in [0, 0.1) is 0 Å². The lowest BCUT2D eigenvalue weighted by Crippen LogP contribution is -2.18. The van der Waals surface area contributed by atoms with E-state index in [0.29, 0.717) is 6.04 Å². The van der Waals surface area contributed by atoms with E-state index in [-0.39, 0.29) is 0 Å². The van der Waals surface area contributed by atoms with Crippen molar-refractivity contribution in [3.05, 3.63) is 56.7 Å². The van der Waals surface area contributed by atoms with Crippen LogP contribution < -0.4 is 5.32 Å². The van der Waals surface area contributed by atoms with E-state index in [4.69, 9.17) is 0 Å². The van der Waals surface area contributed by atoms with Gasteiger partial charge >= 0.3 is 0 Å². The maximum atomic E-state index is 3.58. The van der Waals surface area contributed by atoms with Crippen LogP contribution in [0.5, 0.6) is 0 Å². The fourth-order valence-corrected chi connectivity index (χ4v) is 2.90. The van der Waals surface area contributed by atoms with E-state index in [1.54, 1.807) is 11.3 Å². The number of benzene rings is 1. The van der Waals surface area contributed by atoms with Gasteiger partial charge in [-0.2, -0.15) is 11.3 Å². The minimum absolute atomic E-state index is 0.357. The van der Waals surface area contributed by atoms with E-state index in [1.807, 2.05) is 6.07 Å². The highest BCUT2D eigenvalue weighted by molar-refractivity contribution is 9.10. The quantitative estimate of drug-likeness (QED) is 0.884. The van der Waals surface area contributed by atoms with Gasteiger partial charge in [0.1, 0.15) is 0 Å². The second kappa shape index (κ2) is 5.62. The molecule has 2 rings (SSSR count). The summed E-state index contributed by atoms with van der Waals surface area (Å²) in [5.74, 6) is 0. The van der Waals surface area contributed by atoms with Gasteiger partial charge in [-0.1, -0.05) is 34.1 Å². The summed E-state index contributed by atoms with van der Waals surface area (Å²) >= 11 is 5.32. The Morgan fingerprint density at radius 1 is 1.31 bits per heavy atom. The van der Waals surface area contributed by atoms with Crippen molar-refractivity contribution in [3.8, 4) is 0 Å². The van der Waals surface area contributed by atoms with Gasteiger partial charge in [0.2, 0.25) is 0 Å². The molecule has 2 aromatic rings. The molecule has 0 aliphatic carbocycles. The molecule has 3 heteroatoms. The van der Waals surface area contributed by atoms with Gasteiger partial charge < -0.3 is 5.32 Å². The zero-order chi connectivity index (χ0) is 11.4. The third kappa shape index (κ3) is 2.94. The van der Waals surface area contributed by atoms with Crippen molar-refractivity contribution in [1.29, 1.82) is 0 Å². The molecule has 0 spiro atoms. The highest BCUT2D eigenvalue weighted by atomic mass is 79.9. The Hall–Kier alpha value is -0.640. The summed E-state index contributed by atoms with van der Waals surface area (Å²) in [5, 5.41) is 7.81. The van der Waals surface area contributed by atoms with E-state index in [9.17, 15) is 0 Å². The van der Waals surface area contributed by atoms with Crippen molar-refractivity contribution >= 4 is 27.3 Å². The van der Waals surface area contributed by atoms with E-state index < -0.39 is 0 Å². The summed E-state index contributed by atoms with van der Waals surface area (Å²) in [7, 11) is 0. The predicted molar refractivity (Wildman–Crippen MR) is 73.7 cm³/mol. The molecule has 1 heterocycles. The first-order valence-electron chi connectivity index (χ1n) is 5.26. The number of hydrogen-bond acceptors (Lipinski definition) is 2. The number of rotatable bonds is 4. The van der Waals surface area contributed by atoms with Crippen LogP contribution in [0.15, 0.2) is 45.6 Å². The molecule has 1 nitrogen and oxygen atoms in total. The SMILES string of the molecule is C[C@@H](NCc1ccsc1)c1ccccc1Br. The molecule has 1 N–H and O–H groups in total. The van der Waals surface area contributed by atoms with Crippen molar-refractivity contribution in [1.82, 2.24) is 5.32 Å². The van der Waals surface area contributed by atoms with Gasteiger partial charge in [-0.05, 0) is 40.9 Å². The monoisotopic (exact) mass is 295 g/mol. The molecule has 0 aliphatic heterocycles. The zero-order valence-corrected chi connectivity index (χ0v) is 11.5. The summed E-state index contributed by atoms with van der Waals surface area (Å²) in [5.41, 5.74) is 2.65. The second-order valence-electron chi connectivity index (χ2n) is 3.76. The Morgan fingerprint density at radius 2 is 2.12 bits per heavy atom. The van der Waals surface area contributed by atoms with Gasteiger partial charge in [-0.3, -0.25) is 0 Å². The molecule has 1 aromatic carbocycles. The summed E-state index contributed by atoms with van der Waals surface area (Å²) < 4.78 is 1.17. The van der Waals surface area contributed by atoms with Crippen molar-refractivity contribution < 1.29 is 0 Å². The fraction of sp³-hybridized carbons (Fsp3) is 0.231. The molecule has 1 atom stereocenters. The minimum Gasteiger partial charge on any atom is -0.306 e. The van der Waals surface area contributed by atoms with Crippen LogP contribution in [0.3, 0.4) is 0 Å². The maximum absolute atomic E-state index is 3.58. The Morgan fingerprint density at radius 3 is 2.81 bits per heavy atom. The molecule has 0 aliphatic rings. The average Bonchev–Trinajstić information content (AvgIpc) is 2.79. The molecular formula is C13H14BrNS. The molecule has 16 heavy (non-hydrogen) atoms. The lowest BCUT2D eigenvalue weighted by molar-refractivity contribution is 0.573. The van der Waals surface area contributed by atoms with Gasteiger partial charge in [-0.15, -0.1) is 0 Å². The standard InChI is InChI=1S/C13H14BrNS/c1-10(12-4-2-3-5-13(12)14)15-8-11-6-7-16-9-11/h2-7,9-10,15H,8H2,1H3/t10-/m1/s1. The largest absolute Gasteiger partial charge is 0.306 e. The van der Waals surface area contributed by atoms with Crippen LogP contribution in [0.25, 0.3) is 0 Å². The molecular weight excluding hydrogens is 282 g/mol. The number of hydrogen-bond donors (Lipinski definition) is 1. The molecule has 0 fully saturated rings. The molecule has 0 radical (unpaired) electrons. The zero-order valence-electron chi connectivity index (χ0n) is 9.11. The predicted octanol–water partition coefficient (Wildman–Crippen LogP) is 4.36. The summed E-state index contributed by atoms with van der Waals surface area (Å²) in [4.78, 5) is 0. The van der Waals surface area contributed by atoms with Crippen LogP contribution in [-0.2, 0) is 6.54 Å². The maximum Gasteiger partial charge on any atom is 0.0306 e. The van der Waals surface area contributed by atoms with Crippen molar-refractivity contribution in [2.45, 2.75) is 19.5 Å². The van der Waals surface area contributed by atoms with Crippen molar-refractivity contribution in [3.63, 3.8) is 0 Å². The Bertz CT molecular complexity index is 439. The van der Waals surface area contributed by atoms with E-state index >= 15 is 0 Å². The Kier molecular flexibility index (Phi) is 4.16. The number of halogens is 1. The molecule has 0 bridgehead atoms. The van der Waals surface area contributed by atoms with Crippen LogP contribution in [0.2, 0.25) is 0 Å². The Balaban J connectivity index is 1.98. The summed E-state index contributed by atoms with van der Waals surface area (Å²) in [6.07, 6.45) is 0. The highest BCUT2D eigenvalue weighted by Crippen LogP contribution is 2.23.